The molecule has 0 fully saturated rings. The molecular weight excluding hydrogens is 338 g/mol. The van der Waals surface area contributed by atoms with Gasteiger partial charge in [-0.3, -0.25) is 4.31 Å². The molecule has 0 saturated carbocycles. The summed E-state index contributed by atoms with van der Waals surface area (Å²) in [4.78, 5) is 12.4. The SMILES string of the molecule is Cc1cc(Cl)ccc1OC(=O)c1ccccc1N(C)S(C)(=O)=O. The molecule has 0 aliphatic carbocycles. The van der Waals surface area contributed by atoms with Gasteiger partial charge in [-0.25, -0.2) is 13.2 Å². The van der Waals surface area contributed by atoms with E-state index in [1.54, 1.807) is 43.3 Å². The lowest BCUT2D eigenvalue weighted by atomic mass is 10.1. The number of halogens is 1. The van der Waals surface area contributed by atoms with Crippen molar-refractivity contribution in [2.75, 3.05) is 17.6 Å². The minimum absolute atomic E-state index is 0.162. The molecule has 0 unspecified atom stereocenters. The molecule has 0 radical (unpaired) electrons. The van der Waals surface area contributed by atoms with Crippen LogP contribution in [0.1, 0.15) is 15.9 Å². The van der Waals surface area contributed by atoms with Gasteiger partial charge in [0, 0.05) is 12.1 Å². The zero-order valence-corrected chi connectivity index (χ0v) is 14.5. The number of ether oxygens (including phenoxy) is 1. The molecule has 0 heterocycles. The first kappa shape index (κ1) is 17.3. The van der Waals surface area contributed by atoms with E-state index < -0.39 is 16.0 Å². The Morgan fingerprint density at radius 2 is 1.83 bits per heavy atom. The van der Waals surface area contributed by atoms with E-state index in [4.69, 9.17) is 16.3 Å². The molecule has 0 aliphatic rings. The second-order valence-corrected chi connectivity index (χ2v) is 7.50. The van der Waals surface area contributed by atoms with Crippen molar-refractivity contribution in [3.05, 3.63) is 58.6 Å². The number of esters is 1. The Hall–Kier alpha value is -2.05. The number of rotatable bonds is 4. The number of para-hydroxylation sites is 1. The number of carbonyl (C=O) groups excluding carboxylic acids is 1. The van der Waals surface area contributed by atoms with Gasteiger partial charge in [0.2, 0.25) is 10.0 Å². The minimum Gasteiger partial charge on any atom is -0.423 e. The average molecular weight is 354 g/mol. The molecule has 0 bridgehead atoms. The molecule has 0 spiro atoms. The van der Waals surface area contributed by atoms with E-state index in [9.17, 15) is 13.2 Å². The number of anilines is 1. The molecule has 0 atom stereocenters. The lowest BCUT2D eigenvalue weighted by Crippen LogP contribution is -2.27. The third kappa shape index (κ3) is 4.03. The van der Waals surface area contributed by atoms with Crippen molar-refractivity contribution in [2.45, 2.75) is 6.92 Å². The Bertz CT molecular complexity index is 849. The fourth-order valence-electron chi connectivity index (χ4n) is 1.98. The summed E-state index contributed by atoms with van der Waals surface area (Å²) in [5, 5.41) is 0.541. The first-order chi connectivity index (χ1) is 10.7. The predicted molar refractivity (Wildman–Crippen MR) is 90.8 cm³/mol. The van der Waals surface area contributed by atoms with Crippen molar-refractivity contribution in [1.29, 1.82) is 0 Å². The second-order valence-electron chi connectivity index (χ2n) is 5.05. The van der Waals surface area contributed by atoms with Crippen LogP contribution in [0.15, 0.2) is 42.5 Å². The highest BCUT2D eigenvalue weighted by Crippen LogP contribution is 2.26. The van der Waals surface area contributed by atoms with Gasteiger partial charge < -0.3 is 4.74 Å². The van der Waals surface area contributed by atoms with Crippen LogP contribution in [0.3, 0.4) is 0 Å². The number of nitrogens with zero attached hydrogens (tertiary/aromatic N) is 1. The molecule has 5 nitrogen and oxygen atoms in total. The van der Waals surface area contributed by atoms with Gasteiger partial charge in [-0.1, -0.05) is 23.7 Å². The van der Waals surface area contributed by atoms with Crippen LogP contribution in [-0.4, -0.2) is 27.7 Å². The van der Waals surface area contributed by atoms with Gasteiger partial charge in [0.15, 0.2) is 0 Å². The molecule has 0 N–H and O–H groups in total. The Labute approximate surface area is 140 Å². The third-order valence-electron chi connectivity index (χ3n) is 3.30. The third-order valence-corrected chi connectivity index (χ3v) is 4.73. The highest BCUT2D eigenvalue weighted by molar-refractivity contribution is 7.92. The van der Waals surface area contributed by atoms with Crippen molar-refractivity contribution in [1.82, 2.24) is 0 Å². The highest BCUT2D eigenvalue weighted by atomic mass is 35.5. The Morgan fingerprint density at radius 1 is 1.17 bits per heavy atom. The van der Waals surface area contributed by atoms with Crippen LogP contribution in [0.4, 0.5) is 5.69 Å². The van der Waals surface area contributed by atoms with E-state index in [2.05, 4.69) is 0 Å². The minimum atomic E-state index is -3.49. The van der Waals surface area contributed by atoms with Gasteiger partial charge in [0.25, 0.3) is 0 Å². The maximum atomic E-state index is 12.4. The predicted octanol–water partition coefficient (Wildman–Crippen LogP) is 3.26. The topological polar surface area (TPSA) is 63.7 Å². The molecule has 0 aliphatic heterocycles. The molecule has 23 heavy (non-hydrogen) atoms. The van der Waals surface area contributed by atoms with Crippen LogP contribution < -0.4 is 9.04 Å². The number of benzene rings is 2. The molecule has 2 aromatic rings. The smallest absolute Gasteiger partial charge is 0.345 e. The van der Waals surface area contributed by atoms with E-state index in [1.165, 1.54) is 13.1 Å². The summed E-state index contributed by atoms with van der Waals surface area (Å²) < 4.78 is 29.8. The molecule has 122 valence electrons. The second kappa shape index (κ2) is 6.60. The van der Waals surface area contributed by atoms with Gasteiger partial charge in [-0.2, -0.15) is 0 Å². The van der Waals surface area contributed by atoms with E-state index in [0.717, 1.165) is 10.6 Å². The molecule has 0 saturated heterocycles. The van der Waals surface area contributed by atoms with Gasteiger partial charge in [-0.05, 0) is 42.8 Å². The van der Waals surface area contributed by atoms with E-state index >= 15 is 0 Å². The van der Waals surface area contributed by atoms with Gasteiger partial charge >= 0.3 is 5.97 Å². The van der Waals surface area contributed by atoms with Crippen LogP contribution in [-0.2, 0) is 10.0 Å². The summed E-state index contributed by atoms with van der Waals surface area (Å²) in [5.74, 6) is -0.266. The van der Waals surface area contributed by atoms with Crippen LogP contribution >= 0.6 is 11.6 Å². The Balaban J connectivity index is 2.37. The van der Waals surface area contributed by atoms with Gasteiger partial charge in [0.05, 0.1) is 17.5 Å². The van der Waals surface area contributed by atoms with Gasteiger partial charge in [0.1, 0.15) is 5.75 Å². The molecule has 7 heteroatoms. The van der Waals surface area contributed by atoms with Crippen molar-refractivity contribution in [2.24, 2.45) is 0 Å². The molecule has 0 aromatic heterocycles. The largest absolute Gasteiger partial charge is 0.423 e. The van der Waals surface area contributed by atoms with E-state index in [1.807, 2.05) is 0 Å². The van der Waals surface area contributed by atoms with E-state index in [0.29, 0.717) is 16.3 Å². The van der Waals surface area contributed by atoms with Gasteiger partial charge in [-0.15, -0.1) is 0 Å². The number of aryl methyl sites for hydroxylation is 1. The first-order valence-corrected chi connectivity index (χ1v) is 8.94. The summed E-state index contributed by atoms with van der Waals surface area (Å²) >= 11 is 5.87. The van der Waals surface area contributed by atoms with Crippen LogP contribution in [0, 0.1) is 6.92 Å². The Kier molecular flexibility index (Phi) is 4.97. The van der Waals surface area contributed by atoms with E-state index in [-0.39, 0.29) is 11.3 Å². The zero-order chi connectivity index (χ0) is 17.2. The normalized spacial score (nSPS) is 11.1. The van der Waals surface area contributed by atoms with Crippen molar-refractivity contribution in [3.63, 3.8) is 0 Å². The van der Waals surface area contributed by atoms with Crippen LogP contribution in [0.25, 0.3) is 0 Å². The van der Waals surface area contributed by atoms with Crippen LogP contribution in [0.2, 0.25) is 5.02 Å². The monoisotopic (exact) mass is 353 g/mol. The molecule has 0 amide bonds. The number of carbonyl (C=O) groups is 1. The maximum absolute atomic E-state index is 12.4. The summed E-state index contributed by atoms with van der Waals surface area (Å²) in [5.41, 5.74) is 1.13. The lowest BCUT2D eigenvalue weighted by Gasteiger charge is -2.19. The zero-order valence-electron chi connectivity index (χ0n) is 12.9. The lowest BCUT2D eigenvalue weighted by molar-refractivity contribution is 0.0734. The average Bonchev–Trinajstić information content (AvgIpc) is 2.48. The summed E-state index contributed by atoms with van der Waals surface area (Å²) in [6.45, 7) is 1.77. The number of hydrogen-bond acceptors (Lipinski definition) is 4. The summed E-state index contributed by atoms with van der Waals surface area (Å²) in [6.07, 6.45) is 1.07. The Morgan fingerprint density at radius 3 is 2.43 bits per heavy atom. The highest BCUT2D eigenvalue weighted by Gasteiger charge is 2.21. The number of sulfonamides is 1. The quantitative estimate of drug-likeness (QED) is 0.625. The van der Waals surface area contributed by atoms with Crippen LogP contribution in [0.5, 0.6) is 5.75 Å². The summed E-state index contributed by atoms with van der Waals surface area (Å²) in [6, 6.07) is 11.3. The standard InChI is InChI=1S/C16H16ClNO4S/c1-11-10-12(17)8-9-15(11)22-16(19)13-6-4-5-7-14(13)18(2)23(3,20)21/h4-10H,1-3H3. The maximum Gasteiger partial charge on any atom is 0.345 e. The fourth-order valence-corrected chi connectivity index (χ4v) is 2.72. The van der Waals surface area contributed by atoms with Crippen molar-refractivity contribution >= 4 is 33.3 Å². The first-order valence-electron chi connectivity index (χ1n) is 6.71. The molecule has 2 aromatic carbocycles. The fraction of sp³-hybridized carbons (Fsp3) is 0.188. The number of hydrogen-bond donors (Lipinski definition) is 0. The molecular formula is C16H16ClNO4S. The summed E-state index contributed by atoms with van der Waals surface area (Å²) in [7, 11) is -2.11. The van der Waals surface area contributed by atoms with Crippen molar-refractivity contribution in [3.8, 4) is 5.75 Å². The van der Waals surface area contributed by atoms with Crippen molar-refractivity contribution < 1.29 is 17.9 Å². The molecule has 2 rings (SSSR count).